The fraction of sp³-hybridized carbons (Fsp3) is 0.700. The molecule has 0 unspecified atom stereocenters. The molecule has 3 aliphatic rings. The fourth-order valence-electron chi connectivity index (χ4n) is 5.15. The van der Waals surface area contributed by atoms with Gasteiger partial charge in [0.1, 0.15) is 5.75 Å². The van der Waals surface area contributed by atoms with E-state index in [9.17, 15) is 9.90 Å². The molecular weight excluding hydrogens is 332 g/mol. The Kier molecular flexibility index (Phi) is 3.87. The molecule has 0 spiro atoms. The monoisotopic (exact) mass is 360 g/mol. The van der Waals surface area contributed by atoms with Crippen LogP contribution in [0.5, 0.6) is 5.75 Å². The van der Waals surface area contributed by atoms with Crippen LogP contribution in [0.4, 0.5) is 0 Å². The summed E-state index contributed by atoms with van der Waals surface area (Å²) in [5, 5.41) is 11.4. The first-order valence-electron chi connectivity index (χ1n) is 9.35. The van der Waals surface area contributed by atoms with E-state index in [0.29, 0.717) is 25.2 Å². The number of aromatic nitrogens is 1. The molecule has 1 amide bonds. The number of nitrogens with zero attached hydrogens (tertiary/aromatic N) is 2. The van der Waals surface area contributed by atoms with Crippen molar-refractivity contribution in [3.05, 3.63) is 24.0 Å². The minimum Gasteiger partial charge on any atom is -0.495 e. The van der Waals surface area contributed by atoms with Crippen LogP contribution < -0.4 is 4.74 Å². The number of fused-ring (bicyclic) bond motifs is 1. The largest absolute Gasteiger partial charge is 0.495 e. The van der Waals surface area contributed by atoms with E-state index in [0.717, 1.165) is 18.4 Å². The SMILES string of the molecule is COc1cnccc1C1(O)C[C@@H]2CC3(COC(C)(C)C)C[C@@H](C1)N2C3=O. The molecule has 0 saturated carbocycles. The number of piperidine rings is 2. The molecular formula is C20H28N2O4. The van der Waals surface area contributed by atoms with Crippen molar-refractivity contribution in [2.75, 3.05) is 13.7 Å². The van der Waals surface area contributed by atoms with Gasteiger partial charge in [0.05, 0.1) is 36.5 Å². The Morgan fingerprint density at radius 2 is 1.92 bits per heavy atom. The average molecular weight is 360 g/mol. The van der Waals surface area contributed by atoms with E-state index >= 15 is 0 Å². The summed E-state index contributed by atoms with van der Waals surface area (Å²) in [4.78, 5) is 19.1. The zero-order valence-corrected chi connectivity index (χ0v) is 16.0. The lowest BCUT2D eigenvalue weighted by molar-refractivity contribution is -0.139. The summed E-state index contributed by atoms with van der Waals surface area (Å²) < 4.78 is 11.4. The normalized spacial score (nSPS) is 35.9. The van der Waals surface area contributed by atoms with Gasteiger partial charge in [-0.25, -0.2) is 0 Å². The van der Waals surface area contributed by atoms with Gasteiger partial charge < -0.3 is 19.5 Å². The van der Waals surface area contributed by atoms with Gasteiger partial charge in [0.25, 0.3) is 0 Å². The van der Waals surface area contributed by atoms with Crippen LogP contribution in [-0.2, 0) is 15.1 Å². The molecule has 3 fully saturated rings. The van der Waals surface area contributed by atoms with Gasteiger partial charge in [0.15, 0.2) is 0 Å². The van der Waals surface area contributed by atoms with E-state index < -0.39 is 11.0 Å². The Balaban J connectivity index is 1.59. The smallest absolute Gasteiger partial charge is 0.231 e. The number of carbonyl (C=O) groups is 1. The standard InChI is InChI=1S/C20H28N2O4/c1-18(2,3)26-12-19-7-13-9-20(24,10-14(8-19)22(13)17(19)23)15-5-6-21-11-16(15)25-4/h5-6,11,13-14,24H,7-10,12H2,1-4H3/t13-,14-,19?,20?/m0/s1. The fourth-order valence-corrected chi connectivity index (χ4v) is 5.15. The molecule has 1 aromatic rings. The van der Waals surface area contributed by atoms with Crippen LogP contribution in [0.25, 0.3) is 0 Å². The Morgan fingerprint density at radius 3 is 2.50 bits per heavy atom. The highest BCUT2D eigenvalue weighted by Gasteiger charge is 2.65. The summed E-state index contributed by atoms with van der Waals surface area (Å²) in [5.41, 5.74) is -0.878. The number of amides is 1. The van der Waals surface area contributed by atoms with E-state index in [4.69, 9.17) is 9.47 Å². The number of hydrogen-bond donors (Lipinski definition) is 1. The minimum atomic E-state index is -0.984. The highest BCUT2D eigenvalue weighted by Crippen LogP contribution is 2.58. The molecule has 3 aliphatic heterocycles. The summed E-state index contributed by atoms with van der Waals surface area (Å²) >= 11 is 0. The molecule has 6 nitrogen and oxygen atoms in total. The zero-order valence-electron chi connectivity index (χ0n) is 16.0. The summed E-state index contributed by atoms with van der Waals surface area (Å²) in [5.74, 6) is 0.815. The summed E-state index contributed by atoms with van der Waals surface area (Å²) in [6.07, 6.45) is 5.91. The van der Waals surface area contributed by atoms with E-state index in [1.807, 2.05) is 31.7 Å². The minimum absolute atomic E-state index is 0.0569. The lowest BCUT2D eigenvalue weighted by Crippen LogP contribution is -2.52. The van der Waals surface area contributed by atoms with Crippen molar-refractivity contribution in [1.29, 1.82) is 0 Å². The zero-order chi connectivity index (χ0) is 18.7. The van der Waals surface area contributed by atoms with Gasteiger partial charge in [-0.2, -0.15) is 0 Å². The predicted molar refractivity (Wildman–Crippen MR) is 95.7 cm³/mol. The number of hydrogen-bond acceptors (Lipinski definition) is 5. The molecule has 6 heteroatoms. The molecule has 2 atom stereocenters. The second-order valence-corrected chi connectivity index (χ2v) is 9.13. The van der Waals surface area contributed by atoms with Gasteiger partial charge in [0, 0.05) is 36.7 Å². The molecule has 142 valence electrons. The topological polar surface area (TPSA) is 71.9 Å². The number of pyridine rings is 1. The van der Waals surface area contributed by atoms with Crippen molar-refractivity contribution in [3.8, 4) is 5.75 Å². The highest BCUT2D eigenvalue weighted by atomic mass is 16.5. The maximum Gasteiger partial charge on any atom is 0.231 e. The van der Waals surface area contributed by atoms with Crippen LogP contribution in [0.1, 0.15) is 52.0 Å². The molecule has 0 aliphatic carbocycles. The summed E-state index contributed by atoms with van der Waals surface area (Å²) in [6.45, 7) is 6.52. The molecule has 26 heavy (non-hydrogen) atoms. The van der Waals surface area contributed by atoms with Gasteiger partial charge >= 0.3 is 0 Å². The van der Waals surface area contributed by atoms with Crippen molar-refractivity contribution in [3.63, 3.8) is 0 Å². The summed E-state index contributed by atoms with van der Waals surface area (Å²) in [7, 11) is 1.59. The third kappa shape index (κ3) is 2.62. The number of methoxy groups -OCH3 is 1. The molecule has 2 bridgehead atoms. The van der Waals surface area contributed by atoms with E-state index in [1.54, 1.807) is 19.5 Å². The van der Waals surface area contributed by atoms with Crippen LogP contribution in [0, 0.1) is 5.41 Å². The molecule has 0 radical (unpaired) electrons. The number of rotatable bonds is 4. The molecule has 4 rings (SSSR count). The van der Waals surface area contributed by atoms with Crippen LogP contribution in [0.2, 0.25) is 0 Å². The number of carbonyl (C=O) groups excluding carboxylic acids is 1. The van der Waals surface area contributed by atoms with Gasteiger partial charge in [-0.3, -0.25) is 9.78 Å². The molecule has 3 saturated heterocycles. The maximum absolute atomic E-state index is 13.0. The molecule has 0 aromatic carbocycles. The lowest BCUT2D eigenvalue weighted by Gasteiger charge is -2.47. The van der Waals surface area contributed by atoms with Crippen molar-refractivity contribution in [1.82, 2.24) is 9.88 Å². The van der Waals surface area contributed by atoms with Crippen molar-refractivity contribution >= 4 is 5.91 Å². The highest BCUT2D eigenvalue weighted by molar-refractivity contribution is 5.88. The average Bonchev–Trinajstić information content (AvgIpc) is 2.99. The first-order chi connectivity index (χ1) is 12.2. The van der Waals surface area contributed by atoms with Crippen LogP contribution in [-0.4, -0.2) is 52.3 Å². The van der Waals surface area contributed by atoms with E-state index in [2.05, 4.69) is 4.98 Å². The van der Waals surface area contributed by atoms with Gasteiger partial charge in [-0.1, -0.05) is 0 Å². The molecule has 1 aromatic heterocycles. The van der Waals surface area contributed by atoms with Crippen molar-refractivity contribution in [2.45, 2.75) is 69.7 Å². The second kappa shape index (κ2) is 5.67. The van der Waals surface area contributed by atoms with E-state index in [-0.39, 0.29) is 23.6 Å². The number of ether oxygens (including phenoxy) is 2. The van der Waals surface area contributed by atoms with Crippen molar-refractivity contribution < 1.29 is 19.4 Å². The lowest BCUT2D eigenvalue weighted by atomic mass is 9.69. The number of aliphatic hydroxyl groups is 1. The second-order valence-electron chi connectivity index (χ2n) is 9.13. The quantitative estimate of drug-likeness (QED) is 0.892. The Bertz CT molecular complexity index is 711. The Hall–Kier alpha value is -1.66. The van der Waals surface area contributed by atoms with Gasteiger partial charge in [-0.05, 0) is 39.7 Å². The van der Waals surface area contributed by atoms with Crippen LogP contribution in [0.15, 0.2) is 18.5 Å². The molecule has 1 N–H and O–H groups in total. The Labute approximate surface area is 154 Å². The summed E-state index contributed by atoms with van der Waals surface area (Å²) in [6, 6.07) is 1.95. The predicted octanol–water partition coefficient (Wildman–Crippen LogP) is 2.25. The van der Waals surface area contributed by atoms with Gasteiger partial charge in [-0.15, -0.1) is 0 Å². The van der Waals surface area contributed by atoms with E-state index in [1.165, 1.54) is 0 Å². The molecule has 4 heterocycles. The van der Waals surface area contributed by atoms with Gasteiger partial charge in [0.2, 0.25) is 5.91 Å². The first kappa shape index (κ1) is 17.7. The maximum atomic E-state index is 13.0. The first-order valence-corrected chi connectivity index (χ1v) is 9.35. The van der Waals surface area contributed by atoms with Crippen molar-refractivity contribution in [2.24, 2.45) is 5.41 Å². The third-order valence-electron chi connectivity index (χ3n) is 6.16. The van der Waals surface area contributed by atoms with Crippen LogP contribution in [0.3, 0.4) is 0 Å². The Morgan fingerprint density at radius 1 is 1.27 bits per heavy atom. The third-order valence-corrected chi connectivity index (χ3v) is 6.16. The van der Waals surface area contributed by atoms with Crippen LogP contribution >= 0.6 is 0 Å².